The zero-order chi connectivity index (χ0) is 15.5. The van der Waals surface area contributed by atoms with Crippen LogP contribution in [0.4, 0.5) is 13.2 Å². The maximum Gasteiger partial charge on any atom is 0.416 e. The number of carbonyl (C=O) groups excluding carboxylic acids is 1. The number of alkyl halides is 3. The second-order valence-corrected chi connectivity index (χ2v) is 4.93. The first-order valence-electron chi connectivity index (χ1n) is 6.66. The third kappa shape index (κ3) is 4.86. The molecule has 1 aliphatic rings. The third-order valence-corrected chi connectivity index (χ3v) is 3.33. The minimum atomic E-state index is -4.35. The molecule has 0 bridgehead atoms. The molecule has 1 aliphatic heterocycles. The fourth-order valence-electron chi connectivity index (χ4n) is 2.09. The molecule has 0 aromatic heterocycles. The lowest BCUT2D eigenvalue weighted by atomic mass is 10.1. The lowest BCUT2D eigenvalue weighted by molar-refractivity contribution is -0.137. The number of nitrogens with one attached hydrogen (secondary N) is 2. The van der Waals surface area contributed by atoms with Crippen LogP contribution in [0.1, 0.15) is 24.1 Å². The van der Waals surface area contributed by atoms with Crippen LogP contribution in [0.25, 0.3) is 0 Å². The molecule has 0 spiro atoms. The van der Waals surface area contributed by atoms with Crippen molar-refractivity contribution >= 4 is 18.3 Å². The Balaban J connectivity index is 0.00000242. The van der Waals surface area contributed by atoms with Crippen LogP contribution >= 0.6 is 12.4 Å². The molecule has 2 N–H and O–H groups in total. The first-order chi connectivity index (χ1) is 9.88. The van der Waals surface area contributed by atoms with Crippen molar-refractivity contribution in [2.45, 2.75) is 25.2 Å². The molecule has 1 saturated heterocycles. The number of carbonyl (C=O) groups is 1. The van der Waals surface area contributed by atoms with Gasteiger partial charge >= 0.3 is 6.18 Å². The Kier molecular flexibility index (Phi) is 6.65. The van der Waals surface area contributed by atoms with E-state index in [2.05, 4.69) is 10.6 Å². The number of amides is 1. The summed E-state index contributed by atoms with van der Waals surface area (Å²) in [6, 6.07) is 3.98. The van der Waals surface area contributed by atoms with Crippen LogP contribution in [-0.2, 0) is 15.7 Å². The second-order valence-electron chi connectivity index (χ2n) is 4.93. The van der Waals surface area contributed by atoms with Crippen molar-refractivity contribution in [3.8, 4) is 0 Å². The topological polar surface area (TPSA) is 50.4 Å². The van der Waals surface area contributed by atoms with Gasteiger partial charge in [-0.3, -0.25) is 4.79 Å². The van der Waals surface area contributed by atoms with E-state index >= 15 is 0 Å². The van der Waals surface area contributed by atoms with Gasteiger partial charge in [-0.2, -0.15) is 13.2 Å². The molecule has 1 fully saturated rings. The second kappa shape index (κ2) is 7.80. The highest BCUT2D eigenvalue weighted by Gasteiger charge is 2.30. The normalized spacial score (nSPS) is 19.9. The highest BCUT2D eigenvalue weighted by Crippen LogP contribution is 2.29. The summed E-state index contributed by atoms with van der Waals surface area (Å²) in [6.45, 7) is 3.20. The van der Waals surface area contributed by atoms with E-state index in [1.54, 1.807) is 6.92 Å². The van der Waals surface area contributed by atoms with Crippen LogP contribution in [0.2, 0.25) is 0 Å². The van der Waals surface area contributed by atoms with Crippen LogP contribution in [0.15, 0.2) is 24.3 Å². The fourth-order valence-corrected chi connectivity index (χ4v) is 2.09. The van der Waals surface area contributed by atoms with E-state index in [0.717, 1.165) is 12.1 Å². The molecule has 8 heteroatoms. The maximum atomic E-state index is 12.5. The quantitative estimate of drug-likeness (QED) is 0.889. The maximum absolute atomic E-state index is 12.5. The van der Waals surface area contributed by atoms with Gasteiger partial charge in [0.2, 0.25) is 5.91 Å². The summed E-state index contributed by atoms with van der Waals surface area (Å²) in [7, 11) is 0. The Morgan fingerprint density at radius 3 is 2.50 bits per heavy atom. The number of morpholine rings is 1. The van der Waals surface area contributed by atoms with Crippen molar-refractivity contribution in [1.29, 1.82) is 0 Å². The summed E-state index contributed by atoms with van der Waals surface area (Å²) < 4.78 is 42.6. The molecular formula is C14H18ClF3N2O2. The van der Waals surface area contributed by atoms with Crippen LogP contribution in [0, 0.1) is 0 Å². The zero-order valence-corrected chi connectivity index (χ0v) is 12.8. The number of halogens is 4. The Morgan fingerprint density at radius 1 is 1.36 bits per heavy atom. The third-order valence-electron chi connectivity index (χ3n) is 3.33. The average molecular weight is 339 g/mol. The highest BCUT2D eigenvalue weighted by atomic mass is 35.5. The van der Waals surface area contributed by atoms with E-state index in [-0.39, 0.29) is 24.4 Å². The number of benzene rings is 1. The van der Waals surface area contributed by atoms with Gasteiger partial charge in [-0.15, -0.1) is 12.4 Å². The first kappa shape index (κ1) is 18.7. The largest absolute Gasteiger partial charge is 0.416 e. The number of rotatable bonds is 3. The van der Waals surface area contributed by atoms with E-state index in [1.807, 2.05) is 0 Å². The van der Waals surface area contributed by atoms with Gasteiger partial charge in [-0.05, 0) is 24.6 Å². The molecule has 124 valence electrons. The average Bonchev–Trinajstić information content (AvgIpc) is 2.47. The van der Waals surface area contributed by atoms with E-state index in [0.29, 0.717) is 25.3 Å². The number of hydrogen-bond donors (Lipinski definition) is 2. The molecule has 1 aromatic rings. The Bertz CT molecular complexity index is 488. The minimum Gasteiger partial charge on any atom is -0.378 e. The Hall–Kier alpha value is -1.31. The molecule has 22 heavy (non-hydrogen) atoms. The Morgan fingerprint density at radius 2 is 2.00 bits per heavy atom. The summed E-state index contributed by atoms with van der Waals surface area (Å²) in [6.07, 6.45) is -4.35. The predicted molar refractivity (Wildman–Crippen MR) is 77.9 cm³/mol. The molecule has 1 heterocycles. The molecule has 2 atom stereocenters. The Labute approximate surface area is 132 Å². The minimum absolute atomic E-state index is 0. The van der Waals surface area contributed by atoms with E-state index < -0.39 is 17.8 Å². The SMILES string of the molecule is CC(NC(=O)[C@H]1COCCN1)c1ccc(C(F)(F)F)cc1.Cl. The van der Waals surface area contributed by atoms with Gasteiger partial charge in [0.25, 0.3) is 0 Å². The van der Waals surface area contributed by atoms with Gasteiger partial charge in [0, 0.05) is 6.54 Å². The van der Waals surface area contributed by atoms with Crippen molar-refractivity contribution in [2.75, 3.05) is 19.8 Å². The van der Waals surface area contributed by atoms with E-state index in [4.69, 9.17) is 4.74 Å². The number of hydrogen-bond acceptors (Lipinski definition) is 3. The summed E-state index contributed by atoms with van der Waals surface area (Å²) in [4.78, 5) is 12.0. The van der Waals surface area contributed by atoms with Crippen LogP contribution < -0.4 is 10.6 Å². The monoisotopic (exact) mass is 338 g/mol. The zero-order valence-electron chi connectivity index (χ0n) is 11.9. The van der Waals surface area contributed by atoms with Crippen molar-refractivity contribution in [3.05, 3.63) is 35.4 Å². The van der Waals surface area contributed by atoms with Gasteiger partial charge in [0.15, 0.2) is 0 Å². The molecule has 1 aromatic carbocycles. The highest BCUT2D eigenvalue weighted by molar-refractivity contribution is 5.85. The standard InChI is InChI=1S/C14H17F3N2O2.ClH/c1-9(19-13(20)12-8-21-7-6-18-12)10-2-4-11(5-3-10)14(15,16)17;/h2-5,9,12,18H,6-8H2,1H3,(H,19,20);1H/t9?,12-;/m1./s1. The molecule has 4 nitrogen and oxygen atoms in total. The molecule has 1 unspecified atom stereocenters. The summed E-state index contributed by atoms with van der Waals surface area (Å²) in [5, 5.41) is 5.78. The summed E-state index contributed by atoms with van der Waals surface area (Å²) in [5.41, 5.74) is -0.0831. The van der Waals surface area contributed by atoms with E-state index in [9.17, 15) is 18.0 Å². The molecule has 0 radical (unpaired) electrons. The smallest absolute Gasteiger partial charge is 0.378 e. The molecule has 1 amide bonds. The lowest BCUT2D eigenvalue weighted by Crippen LogP contribution is -2.51. The molecule has 0 aliphatic carbocycles. The van der Waals surface area contributed by atoms with Gasteiger partial charge in [-0.1, -0.05) is 12.1 Å². The van der Waals surface area contributed by atoms with Gasteiger partial charge in [0.1, 0.15) is 6.04 Å². The molecular weight excluding hydrogens is 321 g/mol. The van der Waals surface area contributed by atoms with Crippen LogP contribution in [0.5, 0.6) is 0 Å². The molecule has 0 saturated carbocycles. The fraction of sp³-hybridized carbons (Fsp3) is 0.500. The van der Waals surface area contributed by atoms with Crippen LogP contribution in [-0.4, -0.2) is 31.7 Å². The van der Waals surface area contributed by atoms with Crippen molar-refractivity contribution < 1.29 is 22.7 Å². The van der Waals surface area contributed by atoms with Crippen molar-refractivity contribution in [1.82, 2.24) is 10.6 Å². The summed E-state index contributed by atoms with van der Waals surface area (Å²) in [5.74, 6) is -0.220. The van der Waals surface area contributed by atoms with Crippen LogP contribution in [0.3, 0.4) is 0 Å². The molecule has 2 rings (SSSR count). The van der Waals surface area contributed by atoms with Crippen molar-refractivity contribution in [2.24, 2.45) is 0 Å². The van der Waals surface area contributed by atoms with Gasteiger partial charge in [0.05, 0.1) is 24.8 Å². The predicted octanol–water partition coefficient (Wildman–Crippen LogP) is 2.29. The lowest BCUT2D eigenvalue weighted by Gasteiger charge is -2.25. The van der Waals surface area contributed by atoms with Gasteiger partial charge < -0.3 is 15.4 Å². The van der Waals surface area contributed by atoms with Crippen molar-refractivity contribution in [3.63, 3.8) is 0 Å². The van der Waals surface area contributed by atoms with Gasteiger partial charge in [-0.25, -0.2) is 0 Å². The summed E-state index contributed by atoms with van der Waals surface area (Å²) >= 11 is 0. The first-order valence-corrected chi connectivity index (χ1v) is 6.66. The number of ether oxygens (including phenoxy) is 1. The van der Waals surface area contributed by atoms with E-state index in [1.165, 1.54) is 12.1 Å².